The molecule has 0 bridgehead atoms. The van der Waals surface area contributed by atoms with Crippen LogP contribution in [0.15, 0.2) is 0 Å². The topological polar surface area (TPSA) is 33.3 Å². The molecule has 1 fully saturated rings. The molecule has 0 unspecified atom stereocenters. The average molecular weight is 248 g/mol. The van der Waals surface area contributed by atoms with Crippen molar-refractivity contribution in [3.8, 4) is 0 Å². The highest BCUT2D eigenvalue weighted by molar-refractivity contribution is 8.00. The van der Waals surface area contributed by atoms with Crippen LogP contribution in [0, 0.1) is 0 Å². The second kappa shape index (κ2) is 6.55. The normalized spacial score (nSPS) is 18.0. The fourth-order valence-electron chi connectivity index (χ4n) is 1.59. The van der Waals surface area contributed by atoms with Gasteiger partial charge in [0, 0.05) is 24.9 Å². The molecule has 0 atom stereocenters. The molecule has 15 heavy (non-hydrogen) atoms. The Morgan fingerprint density at radius 2 is 2.20 bits per heavy atom. The minimum Gasteiger partial charge on any atom is -0.383 e. The van der Waals surface area contributed by atoms with E-state index in [1.807, 2.05) is 11.8 Å². The molecular weight excluding hydrogens is 228 g/mol. The first kappa shape index (κ1) is 13.1. The summed E-state index contributed by atoms with van der Waals surface area (Å²) in [6, 6.07) is 0. The maximum Gasteiger partial charge on any atom is 0.166 e. The van der Waals surface area contributed by atoms with Gasteiger partial charge < -0.3 is 15.4 Å². The molecule has 0 amide bonds. The van der Waals surface area contributed by atoms with Crippen molar-refractivity contribution in [2.75, 3.05) is 33.1 Å². The summed E-state index contributed by atoms with van der Waals surface area (Å²) in [5.41, 5.74) is 0. The van der Waals surface area contributed by atoms with Gasteiger partial charge in [0.25, 0.3) is 0 Å². The van der Waals surface area contributed by atoms with Crippen LogP contribution >= 0.6 is 24.0 Å². The Balaban J connectivity index is 2.10. The fraction of sp³-hybridized carbons (Fsp3) is 0.900. The van der Waals surface area contributed by atoms with Crippen molar-refractivity contribution in [1.29, 1.82) is 0 Å². The molecule has 0 spiro atoms. The highest BCUT2D eigenvalue weighted by Gasteiger charge is 2.35. The molecule has 0 aliphatic heterocycles. The summed E-state index contributed by atoms with van der Waals surface area (Å²) >= 11 is 7.12. The Hall–Kier alpha value is 0. The second-order valence-corrected chi connectivity index (χ2v) is 5.53. The molecular formula is C10H20N2OS2. The Kier molecular flexibility index (Phi) is 5.71. The number of nitrogens with one attached hydrogen (secondary N) is 2. The van der Waals surface area contributed by atoms with Gasteiger partial charge in [0.15, 0.2) is 5.11 Å². The lowest BCUT2D eigenvalue weighted by Crippen LogP contribution is -2.48. The molecule has 1 saturated carbocycles. The molecule has 0 aromatic heterocycles. The van der Waals surface area contributed by atoms with E-state index >= 15 is 0 Å². The van der Waals surface area contributed by atoms with Gasteiger partial charge in [-0.15, -0.1) is 0 Å². The van der Waals surface area contributed by atoms with E-state index in [2.05, 4.69) is 16.9 Å². The van der Waals surface area contributed by atoms with Gasteiger partial charge >= 0.3 is 0 Å². The number of methoxy groups -OCH3 is 1. The molecule has 5 heteroatoms. The van der Waals surface area contributed by atoms with Crippen LogP contribution in [0.25, 0.3) is 0 Å². The predicted molar refractivity (Wildman–Crippen MR) is 70.6 cm³/mol. The highest BCUT2D eigenvalue weighted by Crippen LogP contribution is 2.42. The number of thiocarbonyl (C=S) groups is 1. The van der Waals surface area contributed by atoms with Crippen molar-refractivity contribution < 1.29 is 4.74 Å². The van der Waals surface area contributed by atoms with Crippen LogP contribution in [0.2, 0.25) is 0 Å². The number of hydrogen-bond acceptors (Lipinski definition) is 3. The third-order valence-corrected chi connectivity index (χ3v) is 4.57. The minimum absolute atomic E-state index is 0.437. The Labute approximate surface area is 102 Å². The molecule has 3 nitrogen and oxygen atoms in total. The quantitative estimate of drug-likeness (QED) is 0.548. The lowest BCUT2D eigenvalue weighted by atomic mass is 9.84. The molecule has 0 saturated heterocycles. The van der Waals surface area contributed by atoms with Crippen molar-refractivity contribution in [3.63, 3.8) is 0 Å². The summed E-state index contributed by atoms with van der Waals surface area (Å²) in [5, 5.41) is 7.14. The van der Waals surface area contributed by atoms with Gasteiger partial charge in [-0.1, -0.05) is 6.42 Å². The van der Waals surface area contributed by atoms with Crippen molar-refractivity contribution >= 4 is 29.1 Å². The van der Waals surface area contributed by atoms with Crippen LogP contribution in [0.3, 0.4) is 0 Å². The Morgan fingerprint density at radius 3 is 2.67 bits per heavy atom. The monoisotopic (exact) mass is 248 g/mol. The van der Waals surface area contributed by atoms with Crippen molar-refractivity contribution in [2.24, 2.45) is 0 Å². The van der Waals surface area contributed by atoms with Crippen LogP contribution in [0.1, 0.15) is 19.3 Å². The van der Waals surface area contributed by atoms with Gasteiger partial charge in [-0.2, -0.15) is 11.8 Å². The lowest BCUT2D eigenvalue weighted by Gasteiger charge is -2.40. The summed E-state index contributed by atoms with van der Waals surface area (Å²) in [6.45, 7) is 2.44. The van der Waals surface area contributed by atoms with Gasteiger partial charge in [-0.25, -0.2) is 0 Å². The van der Waals surface area contributed by atoms with Crippen molar-refractivity contribution in [1.82, 2.24) is 10.6 Å². The summed E-state index contributed by atoms with van der Waals surface area (Å²) in [4.78, 5) is 0. The Morgan fingerprint density at radius 1 is 1.47 bits per heavy atom. The first-order chi connectivity index (χ1) is 7.22. The zero-order valence-electron chi connectivity index (χ0n) is 9.47. The van der Waals surface area contributed by atoms with Gasteiger partial charge in [0.1, 0.15) is 0 Å². The predicted octanol–water partition coefficient (Wildman–Crippen LogP) is 1.38. The maximum absolute atomic E-state index is 5.17. The Bertz CT molecular complexity index is 202. The van der Waals surface area contributed by atoms with E-state index in [9.17, 15) is 0 Å². The van der Waals surface area contributed by atoms with Crippen LogP contribution in [-0.2, 0) is 4.74 Å². The van der Waals surface area contributed by atoms with E-state index in [-0.39, 0.29) is 0 Å². The summed E-state index contributed by atoms with van der Waals surface area (Å²) < 4.78 is 5.37. The largest absolute Gasteiger partial charge is 0.383 e. The van der Waals surface area contributed by atoms with Crippen LogP contribution in [0.5, 0.6) is 0 Å². The fourth-order valence-corrected chi connectivity index (χ4v) is 2.68. The standard InChI is InChI=1S/C10H20N2OS2/c1-13-7-6-11-9(14)12-8-10(15-2)4-3-5-10/h3-8H2,1-2H3,(H2,11,12,14). The summed E-state index contributed by atoms with van der Waals surface area (Å²) in [7, 11) is 1.69. The third-order valence-electron chi connectivity index (χ3n) is 2.86. The first-order valence-electron chi connectivity index (χ1n) is 5.28. The van der Waals surface area contributed by atoms with Gasteiger partial charge in [0.2, 0.25) is 0 Å². The second-order valence-electron chi connectivity index (χ2n) is 3.84. The van der Waals surface area contributed by atoms with E-state index in [1.54, 1.807) is 7.11 Å². The van der Waals surface area contributed by atoms with Crippen LogP contribution in [-0.4, -0.2) is 42.9 Å². The lowest BCUT2D eigenvalue weighted by molar-refractivity contribution is 0.204. The zero-order valence-corrected chi connectivity index (χ0v) is 11.1. The number of hydrogen-bond donors (Lipinski definition) is 2. The van der Waals surface area contributed by atoms with Gasteiger partial charge in [0.05, 0.1) is 6.61 Å². The van der Waals surface area contributed by atoms with Crippen LogP contribution in [0.4, 0.5) is 0 Å². The van der Waals surface area contributed by atoms with E-state index in [1.165, 1.54) is 19.3 Å². The van der Waals surface area contributed by atoms with Crippen molar-refractivity contribution in [2.45, 2.75) is 24.0 Å². The molecule has 88 valence electrons. The zero-order chi connectivity index (χ0) is 11.1. The number of thioether (sulfide) groups is 1. The smallest absolute Gasteiger partial charge is 0.166 e. The van der Waals surface area contributed by atoms with Gasteiger partial charge in [-0.05, 0) is 31.3 Å². The molecule has 0 aromatic carbocycles. The summed E-state index contributed by atoms with van der Waals surface area (Å²) in [5.74, 6) is 0. The molecule has 0 radical (unpaired) electrons. The third kappa shape index (κ3) is 4.17. The summed E-state index contributed by atoms with van der Waals surface area (Å²) in [6.07, 6.45) is 6.15. The number of ether oxygens (including phenoxy) is 1. The molecule has 2 N–H and O–H groups in total. The maximum atomic E-state index is 5.17. The molecule has 1 aliphatic rings. The van der Waals surface area contributed by atoms with Crippen LogP contribution < -0.4 is 10.6 Å². The SMILES string of the molecule is COCCNC(=S)NCC1(SC)CCC1. The van der Waals surface area contributed by atoms with E-state index in [0.717, 1.165) is 18.2 Å². The molecule has 0 heterocycles. The highest BCUT2D eigenvalue weighted by atomic mass is 32.2. The minimum atomic E-state index is 0.437. The van der Waals surface area contributed by atoms with Gasteiger partial charge in [-0.3, -0.25) is 0 Å². The van der Waals surface area contributed by atoms with E-state index in [0.29, 0.717) is 11.4 Å². The first-order valence-corrected chi connectivity index (χ1v) is 6.91. The molecule has 1 rings (SSSR count). The molecule has 0 aromatic rings. The number of rotatable bonds is 6. The van der Waals surface area contributed by atoms with Crippen molar-refractivity contribution in [3.05, 3.63) is 0 Å². The van der Waals surface area contributed by atoms with E-state index < -0.39 is 0 Å². The average Bonchev–Trinajstić information content (AvgIpc) is 2.17. The van der Waals surface area contributed by atoms with E-state index in [4.69, 9.17) is 17.0 Å². The molecule has 1 aliphatic carbocycles.